The molecule has 0 aromatic rings. The van der Waals surface area contributed by atoms with Crippen LogP contribution in [0.2, 0.25) is 0 Å². The summed E-state index contributed by atoms with van der Waals surface area (Å²) < 4.78 is 0. The van der Waals surface area contributed by atoms with Gasteiger partial charge in [-0.1, -0.05) is 22.9 Å². The lowest BCUT2D eigenvalue weighted by atomic mass is 10.3. The van der Waals surface area contributed by atoms with E-state index in [-0.39, 0.29) is 6.42 Å². The molecule has 0 aromatic carbocycles. The van der Waals surface area contributed by atoms with E-state index in [1.54, 1.807) is 6.92 Å². The molecule has 0 aliphatic rings. The van der Waals surface area contributed by atoms with Gasteiger partial charge in [0.1, 0.15) is 6.10 Å². The minimum absolute atomic E-state index is 0.213. The van der Waals surface area contributed by atoms with Gasteiger partial charge in [-0.3, -0.25) is 4.84 Å². The van der Waals surface area contributed by atoms with E-state index in [1.807, 2.05) is 0 Å². The van der Waals surface area contributed by atoms with Crippen LogP contribution in [0.5, 0.6) is 0 Å². The van der Waals surface area contributed by atoms with Crippen molar-refractivity contribution in [2.24, 2.45) is 0 Å². The molecule has 2 atom stereocenters. The monoisotopic (exact) mass is 258 g/mol. The molecular formula is C4H7BrN2O6. The molecule has 0 aromatic heterocycles. The quantitative estimate of drug-likeness (QED) is 0.398. The highest BCUT2D eigenvalue weighted by atomic mass is 79.9. The molecule has 0 N–H and O–H groups in total. The Balaban J connectivity index is 4.06. The predicted octanol–water partition coefficient (Wildman–Crippen LogP) is 0.903. The Kier molecular flexibility index (Phi) is 5.04. The second kappa shape index (κ2) is 5.51. The summed E-state index contributed by atoms with van der Waals surface area (Å²) in [7, 11) is 0. The Hall–Kier alpha value is -1.12. The molecule has 0 amide bonds. The van der Waals surface area contributed by atoms with Gasteiger partial charge in [0.25, 0.3) is 10.2 Å². The summed E-state index contributed by atoms with van der Waals surface area (Å²) in [6.45, 7) is 1.58. The number of halogens is 1. The van der Waals surface area contributed by atoms with Crippen molar-refractivity contribution in [3.05, 3.63) is 20.2 Å². The molecule has 9 heteroatoms. The first-order valence-electron chi connectivity index (χ1n) is 3.23. The Morgan fingerprint density at radius 3 is 2.08 bits per heavy atom. The van der Waals surface area contributed by atoms with Crippen molar-refractivity contribution >= 4 is 15.9 Å². The second-order valence-electron chi connectivity index (χ2n) is 1.96. The van der Waals surface area contributed by atoms with Crippen molar-refractivity contribution in [1.29, 1.82) is 0 Å². The highest BCUT2D eigenvalue weighted by Gasteiger charge is 2.24. The van der Waals surface area contributed by atoms with Crippen molar-refractivity contribution in [2.75, 3.05) is 0 Å². The van der Waals surface area contributed by atoms with Crippen molar-refractivity contribution < 1.29 is 19.8 Å². The molecule has 0 saturated carbocycles. The van der Waals surface area contributed by atoms with Gasteiger partial charge in [-0.2, -0.15) is 0 Å². The number of nitrogens with zero attached hydrogens (tertiary/aromatic N) is 2. The Morgan fingerprint density at radius 1 is 1.31 bits per heavy atom. The minimum Gasteiger partial charge on any atom is -0.307 e. The van der Waals surface area contributed by atoms with Crippen LogP contribution in [0.1, 0.15) is 13.3 Å². The van der Waals surface area contributed by atoms with E-state index < -0.39 is 21.3 Å². The van der Waals surface area contributed by atoms with Crippen LogP contribution in [0.3, 0.4) is 0 Å². The van der Waals surface area contributed by atoms with E-state index in [1.165, 1.54) is 0 Å². The van der Waals surface area contributed by atoms with Gasteiger partial charge in [-0.05, 0) is 6.42 Å². The van der Waals surface area contributed by atoms with E-state index >= 15 is 0 Å². The third-order valence-corrected chi connectivity index (χ3v) is 1.86. The smallest absolute Gasteiger partial charge is 0.295 e. The summed E-state index contributed by atoms with van der Waals surface area (Å²) in [5, 5.41) is 16.5. The van der Waals surface area contributed by atoms with Crippen LogP contribution < -0.4 is 0 Å². The molecule has 0 spiro atoms. The zero-order valence-corrected chi connectivity index (χ0v) is 8.17. The summed E-state index contributed by atoms with van der Waals surface area (Å²) in [4.78, 5) is 27.9. The Labute approximate surface area is 81.1 Å². The fourth-order valence-corrected chi connectivity index (χ4v) is 1.18. The molecule has 0 bridgehead atoms. The molecule has 0 heterocycles. The standard InChI is InChI=1S/C4H7BrN2O6/c1-2-3(12-6(8)9)4(5)13-7(10)11/h3-4H,2H2,1H3. The summed E-state index contributed by atoms with van der Waals surface area (Å²) >= 11 is 2.74. The zero-order chi connectivity index (χ0) is 10.4. The van der Waals surface area contributed by atoms with Crippen LogP contribution in [0.15, 0.2) is 0 Å². The summed E-state index contributed by atoms with van der Waals surface area (Å²) in [6.07, 6.45) is -0.787. The van der Waals surface area contributed by atoms with Crippen LogP contribution in [0.4, 0.5) is 0 Å². The Morgan fingerprint density at radius 2 is 1.77 bits per heavy atom. The molecular weight excluding hydrogens is 252 g/mol. The predicted molar refractivity (Wildman–Crippen MR) is 43.0 cm³/mol. The maximum Gasteiger partial charge on any atom is 0.295 e. The molecule has 0 fully saturated rings. The molecule has 0 saturated heterocycles. The van der Waals surface area contributed by atoms with Gasteiger partial charge in [-0.25, -0.2) is 0 Å². The fourth-order valence-electron chi connectivity index (χ4n) is 0.568. The summed E-state index contributed by atoms with van der Waals surface area (Å²) in [5.74, 6) is 0. The lowest BCUT2D eigenvalue weighted by Gasteiger charge is -2.16. The fraction of sp³-hybridized carbons (Fsp3) is 1.00. The van der Waals surface area contributed by atoms with Gasteiger partial charge in [0.05, 0.1) is 0 Å². The average molecular weight is 259 g/mol. The van der Waals surface area contributed by atoms with Crippen LogP contribution >= 0.6 is 15.9 Å². The topological polar surface area (TPSA) is 105 Å². The van der Waals surface area contributed by atoms with Crippen molar-refractivity contribution in [3.63, 3.8) is 0 Å². The summed E-state index contributed by atoms with van der Waals surface area (Å²) in [5.41, 5.74) is 0. The molecule has 2 unspecified atom stereocenters. The third kappa shape index (κ3) is 5.17. The number of hydrogen-bond donors (Lipinski definition) is 0. The minimum atomic E-state index is -1.14. The highest BCUT2D eigenvalue weighted by molar-refractivity contribution is 9.09. The highest BCUT2D eigenvalue weighted by Crippen LogP contribution is 2.14. The first kappa shape index (κ1) is 11.9. The van der Waals surface area contributed by atoms with Gasteiger partial charge in [0, 0.05) is 0 Å². The molecule has 76 valence electrons. The van der Waals surface area contributed by atoms with E-state index in [9.17, 15) is 20.2 Å². The number of hydrogen-bond acceptors (Lipinski definition) is 6. The van der Waals surface area contributed by atoms with Crippen LogP contribution in [0.25, 0.3) is 0 Å². The molecule has 8 nitrogen and oxygen atoms in total. The van der Waals surface area contributed by atoms with E-state index in [4.69, 9.17) is 0 Å². The molecule has 13 heavy (non-hydrogen) atoms. The zero-order valence-electron chi connectivity index (χ0n) is 6.58. The maximum absolute atomic E-state index is 9.90. The van der Waals surface area contributed by atoms with Gasteiger partial charge in [-0.15, -0.1) is 20.2 Å². The normalized spacial score (nSPS) is 14.3. The molecule has 0 rings (SSSR count). The first-order valence-corrected chi connectivity index (χ1v) is 4.15. The molecule has 0 radical (unpaired) electrons. The SMILES string of the molecule is CCC(O[N+](=O)[O-])C(Br)O[N+](=O)[O-]. The number of rotatable bonds is 6. The number of alkyl halides is 1. The van der Waals surface area contributed by atoms with E-state index in [0.717, 1.165) is 0 Å². The van der Waals surface area contributed by atoms with Crippen LogP contribution in [-0.2, 0) is 9.68 Å². The van der Waals surface area contributed by atoms with Gasteiger partial charge in [0.15, 0.2) is 5.01 Å². The second-order valence-corrected chi connectivity index (χ2v) is 2.86. The first-order chi connectivity index (χ1) is 5.97. The van der Waals surface area contributed by atoms with E-state index in [0.29, 0.717) is 0 Å². The summed E-state index contributed by atoms with van der Waals surface area (Å²) in [6, 6.07) is 0. The largest absolute Gasteiger partial charge is 0.307 e. The van der Waals surface area contributed by atoms with Gasteiger partial charge >= 0.3 is 0 Å². The Bertz CT molecular complexity index is 199. The van der Waals surface area contributed by atoms with Crippen molar-refractivity contribution in [3.8, 4) is 0 Å². The maximum atomic E-state index is 9.90. The van der Waals surface area contributed by atoms with Crippen LogP contribution in [0, 0.1) is 20.2 Å². The lowest BCUT2D eigenvalue weighted by Crippen LogP contribution is -2.30. The third-order valence-electron chi connectivity index (χ3n) is 1.10. The lowest BCUT2D eigenvalue weighted by molar-refractivity contribution is -0.792. The molecule has 0 aliphatic heterocycles. The van der Waals surface area contributed by atoms with E-state index in [2.05, 4.69) is 25.6 Å². The van der Waals surface area contributed by atoms with Crippen molar-refractivity contribution in [2.45, 2.75) is 24.5 Å². The van der Waals surface area contributed by atoms with Crippen LogP contribution in [-0.4, -0.2) is 21.3 Å². The van der Waals surface area contributed by atoms with Gasteiger partial charge < -0.3 is 4.84 Å². The molecule has 0 aliphatic carbocycles. The average Bonchev–Trinajstić information content (AvgIpc) is 1.98. The van der Waals surface area contributed by atoms with Crippen molar-refractivity contribution in [1.82, 2.24) is 0 Å². The van der Waals surface area contributed by atoms with Gasteiger partial charge in [0.2, 0.25) is 0 Å².